The molecule has 0 saturated heterocycles. The second kappa shape index (κ2) is 3.81. The van der Waals surface area contributed by atoms with Gasteiger partial charge < -0.3 is 24.5 Å². The summed E-state index contributed by atoms with van der Waals surface area (Å²) in [5.41, 5.74) is 1.73. The van der Waals surface area contributed by atoms with E-state index in [1.807, 2.05) is 24.1 Å². The van der Waals surface area contributed by atoms with Crippen LogP contribution in [0.5, 0.6) is 11.5 Å². The van der Waals surface area contributed by atoms with Gasteiger partial charge in [0.25, 0.3) is 0 Å². The highest BCUT2D eigenvalue weighted by Crippen LogP contribution is 2.35. The van der Waals surface area contributed by atoms with Gasteiger partial charge in [0.15, 0.2) is 11.5 Å². The van der Waals surface area contributed by atoms with Crippen LogP contribution in [-0.2, 0) is 0 Å². The van der Waals surface area contributed by atoms with Crippen molar-refractivity contribution in [3.8, 4) is 11.5 Å². The number of benzene rings is 1. The van der Waals surface area contributed by atoms with E-state index in [0.29, 0.717) is 6.54 Å². The molecule has 1 aromatic heterocycles. The molecule has 0 unspecified atom stereocenters. The third-order valence-electron chi connectivity index (χ3n) is 2.76. The molecule has 0 atom stereocenters. The molecule has 0 radical (unpaired) electrons. The second-order valence-corrected chi connectivity index (χ2v) is 3.93. The number of aliphatic hydroxyl groups excluding tert-OH is 1. The molecule has 2 aromatic rings. The lowest BCUT2D eigenvalue weighted by Gasteiger charge is -2.12. The van der Waals surface area contributed by atoms with Gasteiger partial charge in [0.05, 0.1) is 17.6 Å². The van der Waals surface area contributed by atoms with Crippen molar-refractivity contribution in [1.29, 1.82) is 0 Å². The molecule has 1 aliphatic heterocycles. The Bertz CT molecular complexity index is 511. The zero-order valence-corrected chi connectivity index (χ0v) is 9.43. The number of H-pyrrole nitrogens is 1. The van der Waals surface area contributed by atoms with E-state index in [2.05, 4.69) is 9.97 Å². The van der Waals surface area contributed by atoms with E-state index < -0.39 is 0 Å². The predicted molar refractivity (Wildman–Crippen MR) is 62.6 cm³/mol. The van der Waals surface area contributed by atoms with Crippen LogP contribution in [0.2, 0.25) is 0 Å². The lowest BCUT2D eigenvalue weighted by Crippen LogP contribution is -2.22. The minimum absolute atomic E-state index is 0.0935. The fourth-order valence-corrected chi connectivity index (χ4v) is 1.82. The topological polar surface area (TPSA) is 70.6 Å². The SMILES string of the molecule is CN(CCO)c1nc2cc3c(cc2[nH]1)OCO3. The summed E-state index contributed by atoms with van der Waals surface area (Å²) in [6.45, 7) is 0.891. The van der Waals surface area contributed by atoms with Crippen LogP contribution in [-0.4, -0.2) is 42.1 Å². The van der Waals surface area contributed by atoms with Gasteiger partial charge in [-0.15, -0.1) is 0 Å². The number of hydrogen-bond donors (Lipinski definition) is 2. The summed E-state index contributed by atoms with van der Waals surface area (Å²) in [6.07, 6.45) is 0. The number of nitrogens with zero attached hydrogens (tertiary/aromatic N) is 2. The molecule has 2 N–H and O–H groups in total. The maximum absolute atomic E-state index is 8.88. The molecule has 6 nitrogen and oxygen atoms in total. The van der Waals surface area contributed by atoms with Crippen LogP contribution in [0.4, 0.5) is 5.95 Å². The molecule has 6 heteroatoms. The van der Waals surface area contributed by atoms with E-state index >= 15 is 0 Å². The summed E-state index contributed by atoms with van der Waals surface area (Å²) < 4.78 is 10.6. The number of imidazole rings is 1. The second-order valence-electron chi connectivity index (χ2n) is 3.93. The standard InChI is InChI=1S/C11H13N3O3/c1-14(2-3-15)11-12-7-4-9-10(17-6-16-9)5-8(7)13-11/h4-5,15H,2-3,6H2,1H3,(H,12,13). The Labute approximate surface area is 97.8 Å². The van der Waals surface area contributed by atoms with Crippen molar-refractivity contribution in [3.05, 3.63) is 12.1 Å². The third kappa shape index (κ3) is 1.66. The fourth-order valence-electron chi connectivity index (χ4n) is 1.82. The molecule has 0 spiro atoms. The van der Waals surface area contributed by atoms with Gasteiger partial charge in [-0.1, -0.05) is 0 Å². The fraction of sp³-hybridized carbons (Fsp3) is 0.364. The van der Waals surface area contributed by atoms with E-state index in [-0.39, 0.29) is 13.4 Å². The van der Waals surface area contributed by atoms with Gasteiger partial charge in [0.2, 0.25) is 12.7 Å². The number of aliphatic hydroxyl groups is 1. The minimum Gasteiger partial charge on any atom is -0.454 e. The van der Waals surface area contributed by atoms with Gasteiger partial charge in [-0.3, -0.25) is 0 Å². The zero-order chi connectivity index (χ0) is 11.8. The Balaban J connectivity index is 2.02. The number of aromatic nitrogens is 2. The minimum atomic E-state index is 0.0935. The monoisotopic (exact) mass is 235 g/mol. The number of fused-ring (bicyclic) bond motifs is 2. The molecule has 3 rings (SSSR count). The first-order valence-corrected chi connectivity index (χ1v) is 5.39. The zero-order valence-electron chi connectivity index (χ0n) is 9.43. The molecule has 0 amide bonds. The van der Waals surface area contributed by atoms with Crippen molar-refractivity contribution in [2.45, 2.75) is 0 Å². The molecule has 1 aliphatic rings. The van der Waals surface area contributed by atoms with Crippen LogP contribution in [0, 0.1) is 0 Å². The number of likely N-dealkylation sites (N-methyl/N-ethyl adjacent to an activating group) is 1. The van der Waals surface area contributed by atoms with Crippen molar-refractivity contribution in [1.82, 2.24) is 9.97 Å². The molecule has 17 heavy (non-hydrogen) atoms. The van der Waals surface area contributed by atoms with Crippen LogP contribution >= 0.6 is 0 Å². The van der Waals surface area contributed by atoms with E-state index in [1.165, 1.54) is 0 Å². The molecule has 0 aliphatic carbocycles. The molecule has 0 bridgehead atoms. The van der Waals surface area contributed by atoms with E-state index in [9.17, 15) is 0 Å². The Morgan fingerprint density at radius 1 is 1.41 bits per heavy atom. The van der Waals surface area contributed by atoms with E-state index in [0.717, 1.165) is 28.5 Å². The van der Waals surface area contributed by atoms with Gasteiger partial charge in [0.1, 0.15) is 0 Å². The molecule has 0 fully saturated rings. The van der Waals surface area contributed by atoms with Crippen molar-refractivity contribution >= 4 is 17.0 Å². The number of hydrogen-bond acceptors (Lipinski definition) is 5. The average Bonchev–Trinajstić information content (AvgIpc) is 2.90. The van der Waals surface area contributed by atoms with Crippen LogP contribution in [0.1, 0.15) is 0 Å². The third-order valence-corrected chi connectivity index (χ3v) is 2.76. The molecular formula is C11H13N3O3. The summed E-state index contributed by atoms with van der Waals surface area (Å²) in [7, 11) is 1.87. The summed E-state index contributed by atoms with van der Waals surface area (Å²) in [6, 6.07) is 3.73. The average molecular weight is 235 g/mol. The largest absolute Gasteiger partial charge is 0.454 e. The molecular weight excluding hydrogens is 222 g/mol. The van der Waals surface area contributed by atoms with Crippen molar-refractivity contribution in [2.24, 2.45) is 0 Å². The Morgan fingerprint density at radius 3 is 2.94 bits per heavy atom. The Kier molecular flexibility index (Phi) is 2.29. The Morgan fingerprint density at radius 2 is 2.18 bits per heavy atom. The first-order valence-electron chi connectivity index (χ1n) is 5.39. The van der Waals surface area contributed by atoms with Crippen molar-refractivity contribution in [2.75, 3.05) is 31.9 Å². The van der Waals surface area contributed by atoms with Crippen molar-refractivity contribution in [3.63, 3.8) is 0 Å². The highest BCUT2D eigenvalue weighted by Gasteiger charge is 2.16. The molecule has 1 aromatic carbocycles. The number of nitrogens with one attached hydrogen (secondary N) is 1. The van der Waals surface area contributed by atoms with Gasteiger partial charge in [0, 0.05) is 25.7 Å². The molecule has 0 saturated carbocycles. The molecule has 2 heterocycles. The number of aromatic amines is 1. The normalized spacial score (nSPS) is 13.3. The first kappa shape index (κ1) is 10.2. The number of rotatable bonds is 3. The van der Waals surface area contributed by atoms with Crippen LogP contribution < -0.4 is 14.4 Å². The van der Waals surface area contributed by atoms with Gasteiger partial charge >= 0.3 is 0 Å². The van der Waals surface area contributed by atoms with E-state index in [4.69, 9.17) is 14.6 Å². The maximum Gasteiger partial charge on any atom is 0.231 e. The maximum atomic E-state index is 8.88. The molecule has 90 valence electrons. The lowest BCUT2D eigenvalue weighted by molar-refractivity contribution is 0.174. The first-order chi connectivity index (χ1) is 8.28. The highest BCUT2D eigenvalue weighted by atomic mass is 16.7. The smallest absolute Gasteiger partial charge is 0.231 e. The van der Waals surface area contributed by atoms with E-state index in [1.54, 1.807) is 0 Å². The highest BCUT2D eigenvalue weighted by molar-refractivity contribution is 5.82. The van der Waals surface area contributed by atoms with Crippen molar-refractivity contribution < 1.29 is 14.6 Å². The lowest BCUT2D eigenvalue weighted by atomic mass is 10.3. The Hall–Kier alpha value is -1.95. The van der Waals surface area contributed by atoms with Gasteiger partial charge in [-0.2, -0.15) is 0 Å². The van der Waals surface area contributed by atoms with Crippen LogP contribution in [0.25, 0.3) is 11.0 Å². The van der Waals surface area contributed by atoms with Crippen LogP contribution in [0.3, 0.4) is 0 Å². The van der Waals surface area contributed by atoms with Gasteiger partial charge in [-0.25, -0.2) is 4.98 Å². The summed E-state index contributed by atoms with van der Waals surface area (Å²) >= 11 is 0. The predicted octanol–water partition coefficient (Wildman–Crippen LogP) is 0.720. The van der Waals surface area contributed by atoms with Gasteiger partial charge in [-0.05, 0) is 0 Å². The summed E-state index contributed by atoms with van der Waals surface area (Å²) in [5, 5.41) is 8.88. The summed E-state index contributed by atoms with van der Waals surface area (Å²) in [5.74, 6) is 2.18. The quantitative estimate of drug-likeness (QED) is 0.820. The summed E-state index contributed by atoms with van der Waals surface area (Å²) in [4.78, 5) is 9.46. The number of anilines is 1. The van der Waals surface area contributed by atoms with Crippen LogP contribution in [0.15, 0.2) is 12.1 Å². The number of ether oxygens (including phenoxy) is 2.